The van der Waals surface area contributed by atoms with Crippen LogP contribution in [0.25, 0.3) is 0 Å². The number of halogens is 1. The molecule has 1 rings (SSSR count). The van der Waals surface area contributed by atoms with E-state index in [2.05, 4.69) is 36.9 Å². The number of carboxylic acid groups (broad SMARTS) is 6. The molecule has 358 valence electrons. The molecule has 0 saturated heterocycles. The third-order valence-corrected chi connectivity index (χ3v) is 8.94. The maximum absolute atomic E-state index is 13.2. The summed E-state index contributed by atoms with van der Waals surface area (Å²) in [6, 6.07) is -9.69. The number of carboxylic acids is 6. The lowest BCUT2D eigenvalue weighted by molar-refractivity contribution is -0.142. The highest BCUT2D eigenvalue weighted by molar-refractivity contribution is 5.89. The second kappa shape index (κ2) is 30.0. The number of nitrogens with one attached hydrogen (secondary N) is 7. The molecule has 1 aromatic rings. The highest BCUT2D eigenvalue weighted by Gasteiger charge is 2.27. The van der Waals surface area contributed by atoms with E-state index in [1.165, 1.54) is 10.9 Å². The highest BCUT2D eigenvalue weighted by Crippen LogP contribution is 2.07. The molecule has 0 spiro atoms. The van der Waals surface area contributed by atoms with Crippen molar-refractivity contribution in [3.05, 3.63) is 11.9 Å². The summed E-state index contributed by atoms with van der Waals surface area (Å²) in [5.41, 5.74) is 0.427. The number of aromatic nitrogens is 3. The van der Waals surface area contributed by atoms with Crippen molar-refractivity contribution in [2.75, 3.05) is 19.8 Å². The Morgan fingerprint density at radius 3 is 1.41 bits per heavy atom. The van der Waals surface area contributed by atoms with Crippen molar-refractivity contribution in [3.63, 3.8) is 0 Å². The average molecular weight is 919 g/mol. The Morgan fingerprint density at radius 2 is 0.969 bits per heavy atom. The Kier molecular flexibility index (Phi) is 25.7. The van der Waals surface area contributed by atoms with E-state index in [9.17, 15) is 77.6 Å². The molecule has 0 saturated carbocycles. The molecule has 5 atom stereocenters. The number of aryl methyl sites for hydroxylation is 1. The van der Waals surface area contributed by atoms with E-state index in [-0.39, 0.29) is 83.8 Å². The van der Waals surface area contributed by atoms with Gasteiger partial charge in [0.15, 0.2) is 0 Å². The lowest BCUT2D eigenvalue weighted by atomic mass is 10.1. The number of rotatable bonds is 34. The summed E-state index contributed by atoms with van der Waals surface area (Å²) >= 11 is 0. The molecule has 1 aromatic heterocycles. The Hall–Kier alpha value is -7.16. The normalized spacial score (nSPS) is 13.1. The number of urea groups is 2. The first-order valence-corrected chi connectivity index (χ1v) is 20.0. The van der Waals surface area contributed by atoms with Gasteiger partial charge >= 0.3 is 47.9 Å². The van der Waals surface area contributed by atoms with Crippen LogP contribution in [0, 0.1) is 0 Å². The summed E-state index contributed by atoms with van der Waals surface area (Å²) in [6.07, 6.45) is -0.265. The minimum absolute atomic E-state index is 0.0343. The van der Waals surface area contributed by atoms with Crippen molar-refractivity contribution < 1.29 is 87.8 Å². The fourth-order valence-electron chi connectivity index (χ4n) is 5.59. The topological polar surface area (TPSA) is 424 Å². The molecule has 28 heteroatoms. The van der Waals surface area contributed by atoms with Gasteiger partial charge in [-0.05, 0) is 70.6 Å². The van der Waals surface area contributed by atoms with Crippen LogP contribution >= 0.6 is 0 Å². The van der Waals surface area contributed by atoms with Crippen LogP contribution in [0.5, 0.6) is 0 Å². The van der Waals surface area contributed by atoms with Crippen LogP contribution in [0.4, 0.5) is 14.0 Å². The maximum atomic E-state index is 13.2. The second-order valence-corrected chi connectivity index (χ2v) is 14.2. The van der Waals surface area contributed by atoms with Crippen molar-refractivity contribution in [3.8, 4) is 0 Å². The van der Waals surface area contributed by atoms with Gasteiger partial charge in [-0.15, -0.1) is 5.10 Å². The summed E-state index contributed by atoms with van der Waals surface area (Å²) in [5.74, 6) is -10.5. The smallest absolute Gasteiger partial charge is 0.326 e. The molecular formula is C36H55FN10O17. The average Bonchev–Trinajstić information content (AvgIpc) is 3.66. The predicted octanol–water partition coefficient (Wildman–Crippen LogP) is -1.84. The first-order chi connectivity index (χ1) is 30.2. The zero-order valence-electron chi connectivity index (χ0n) is 34.6. The van der Waals surface area contributed by atoms with Gasteiger partial charge in [-0.3, -0.25) is 28.4 Å². The lowest BCUT2D eigenvalue weighted by Gasteiger charge is -2.19. The van der Waals surface area contributed by atoms with E-state index in [1.54, 1.807) is 0 Å². The lowest BCUT2D eigenvalue weighted by Crippen LogP contribution is -2.51. The SMILES string of the molecule is O=C(O)CCC(NC(=O)NC(CCCCNC(=O)C(CCC(=O)NCCCC[C@H](NC(=O)N[C@@H](CCC(=O)O)C(=O)O)C(=O)O)NC(=O)Cn1cc(CCCF)nn1)C(=O)O)C(=O)O. The largest absolute Gasteiger partial charge is 0.481 e. The molecule has 0 aromatic carbocycles. The van der Waals surface area contributed by atoms with Crippen molar-refractivity contribution in [2.45, 2.75) is 127 Å². The monoisotopic (exact) mass is 918 g/mol. The zero-order chi connectivity index (χ0) is 48.2. The number of alkyl halides is 1. The van der Waals surface area contributed by atoms with E-state index in [0.29, 0.717) is 5.69 Å². The maximum Gasteiger partial charge on any atom is 0.326 e. The molecule has 0 aliphatic rings. The summed E-state index contributed by atoms with van der Waals surface area (Å²) in [6.45, 7) is -0.987. The Morgan fingerprint density at radius 1 is 0.531 bits per heavy atom. The van der Waals surface area contributed by atoms with Crippen molar-refractivity contribution in [2.24, 2.45) is 0 Å². The van der Waals surface area contributed by atoms with Gasteiger partial charge in [0.25, 0.3) is 0 Å². The molecule has 0 radical (unpaired) electrons. The quantitative estimate of drug-likeness (QED) is 0.0338. The van der Waals surface area contributed by atoms with Crippen LogP contribution in [0.1, 0.15) is 89.2 Å². The van der Waals surface area contributed by atoms with Crippen molar-refractivity contribution in [1.82, 2.24) is 52.2 Å². The standard InChI is InChI=1S/C36H55FN10O17/c37-15-5-6-20-18-47(46-45-20)19-27(49)40-21(30(54)39-17-4-2-8-23(32(57)58)42-36(64)44-25(34(61)62)11-14-29(52)53)9-12-26(48)38-16-3-1-7-22(31(55)56)41-35(63)43-24(33(59)60)10-13-28(50)51/h18,21-25H,1-17,19H2,(H,38,48)(H,39,54)(H,40,49)(H,50,51)(H,52,53)(H,55,56)(H,57,58)(H,59,60)(H,61,62)(H2,41,43,63)(H2,42,44,64)/t21?,22-,23?,24-,25?/m0/s1. The zero-order valence-corrected chi connectivity index (χ0v) is 34.6. The van der Waals surface area contributed by atoms with E-state index in [1.807, 2.05) is 10.6 Å². The van der Waals surface area contributed by atoms with Crippen molar-refractivity contribution in [1.29, 1.82) is 0 Å². The number of nitrogens with zero attached hydrogens (tertiary/aromatic N) is 3. The van der Waals surface area contributed by atoms with Gasteiger partial charge in [0.1, 0.15) is 36.8 Å². The first kappa shape index (κ1) is 54.9. The minimum Gasteiger partial charge on any atom is -0.481 e. The molecule has 1 heterocycles. The summed E-state index contributed by atoms with van der Waals surface area (Å²) < 4.78 is 13.7. The number of amides is 7. The van der Waals surface area contributed by atoms with Gasteiger partial charge < -0.3 is 67.9 Å². The Labute approximate surface area is 363 Å². The number of unbranched alkanes of at least 4 members (excludes halogenated alkanes) is 2. The number of carbonyl (C=O) groups excluding carboxylic acids is 5. The van der Waals surface area contributed by atoms with E-state index >= 15 is 0 Å². The number of hydrogen-bond acceptors (Lipinski definition) is 13. The number of hydrogen-bond donors (Lipinski definition) is 13. The van der Waals surface area contributed by atoms with Crippen LogP contribution < -0.4 is 37.2 Å². The molecule has 0 aliphatic carbocycles. The third kappa shape index (κ3) is 24.3. The molecule has 0 fully saturated rings. The van der Waals surface area contributed by atoms with Gasteiger partial charge in [0.2, 0.25) is 17.7 Å². The van der Waals surface area contributed by atoms with Gasteiger partial charge in [-0.2, -0.15) is 0 Å². The summed E-state index contributed by atoms with van der Waals surface area (Å²) in [7, 11) is 0. The molecule has 13 N–H and O–H groups in total. The molecule has 0 aliphatic heterocycles. The predicted molar refractivity (Wildman–Crippen MR) is 212 cm³/mol. The molecule has 7 amide bonds. The fourth-order valence-corrected chi connectivity index (χ4v) is 5.59. The Balaban J connectivity index is 2.76. The minimum atomic E-state index is -1.60. The molecule has 64 heavy (non-hydrogen) atoms. The van der Waals surface area contributed by atoms with Gasteiger partial charge in [0.05, 0.1) is 12.4 Å². The number of aliphatic carboxylic acids is 6. The Bertz CT molecular complexity index is 1780. The van der Waals surface area contributed by atoms with Gasteiger partial charge in [-0.25, -0.2) is 33.4 Å². The first-order valence-electron chi connectivity index (χ1n) is 20.0. The van der Waals surface area contributed by atoms with Crippen LogP contribution in [-0.4, -0.2) is 161 Å². The van der Waals surface area contributed by atoms with Gasteiger partial charge in [0, 0.05) is 38.5 Å². The second-order valence-electron chi connectivity index (χ2n) is 14.2. The van der Waals surface area contributed by atoms with Crippen molar-refractivity contribution >= 4 is 65.6 Å². The molecular weight excluding hydrogens is 863 g/mol. The van der Waals surface area contributed by atoms with Crippen LogP contribution in [-0.2, 0) is 56.1 Å². The van der Waals surface area contributed by atoms with Crippen LogP contribution in [0.3, 0.4) is 0 Å². The van der Waals surface area contributed by atoms with E-state index in [0.717, 1.165) is 0 Å². The van der Waals surface area contributed by atoms with Gasteiger partial charge in [-0.1, -0.05) is 5.21 Å². The number of carbonyl (C=O) groups is 11. The fraction of sp³-hybridized carbons (Fsp3) is 0.639. The third-order valence-electron chi connectivity index (χ3n) is 8.94. The van der Waals surface area contributed by atoms with Crippen LogP contribution in [0.2, 0.25) is 0 Å². The van der Waals surface area contributed by atoms with Crippen LogP contribution in [0.15, 0.2) is 6.20 Å². The summed E-state index contributed by atoms with van der Waals surface area (Å²) in [4.78, 5) is 131. The summed E-state index contributed by atoms with van der Waals surface area (Å²) in [5, 5.41) is 78.6. The molecule has 27 nitrogen and oxygen atoms in total. The highest BCUT2D eigenvalue weighted by atomic mass is 19.1. The van der Waals surface area contributed by atoms with E-state index in [4.69, 9.17) is 10.2 Å². The van der Waals surface area contributed by atoms with E-state index < -0.39 is 128 Å². The molecule has 0 bridgehead atoms. The molecule has 3 unspecified atom stereocenters.